The number of aryl methyl sites for hydroxylation is 1. The molecule has 0 spiro atoms. The van der Waals surface area contributed by atoms with Crippen molar-refractivity contribution >= 4 is 11.6 Å². The molecule has 1 amide bonds. The Morgan fingerprint density at radius 1 is 1.27 bits per heavy atom. The lowest BCUT2D eigenvalue weighted by atomic mass is 10.00. The van der Waals surface area contributed by atoms with Crippen molar-refractivity contribution in [2.75, 3.05) is 5.32 Å². The molecule has 4 nitrogen and oxygen atoms in total. The van der Waals surface area contributed by atoms with Crippen LogP contribution < -0.4 is 5.32 Å². The number of hydrogen-bond donors (Lipinski definition) is 2. The van der Waals surface area contributed by atoms with Gasteiger partial charge in [-0.05, 0) is 30.9 Å². The van der Waals surface area contributed by atoms with Crippen LogP contribution in [0.3, 0.4) is 0 Å². The fraction of sp³-hybridized carbons (Fsp3) is 0.333. The maximum atomic E-state index is 12.2. The first kappa shape index (κ1) is 16.2. The lowest BCUT2D eigenvalue weighted by molar-refractivity contribution is -0.119. The molecule has 1 heterocycles. The van der Waals surface area contributed by atoms with E-state index in [0.717, 1.165) is 19.3 Å². The Morgan fingerprint density at radius 2 is 2.05 bits per heavy atom. The number of aliphatic hydroxyl groups excluding tert-OH is 1. The number of aromatic nitrogens is 1. The monoisotopic (exact) mass is 298 g/mol. The van der Waals surface area contributed by atoms with Crippen molar-refractivity contribution in [2.45, 2.75) is 32.8 Å². The van der Waals surface area contributed by atoms with Crippen molar-refractivity contribution in [3.05, 3.63) is 59.9 Å². The van der Waals surface area contributed by atoms with Crippen LogP contribution in [0.2, 0.25) is 0 Å². The zero-order chi connectivity index (χ0) is 15.8. The van der Waals surface area contributed by atoms with Crippen molar-refractivity contribution in [3.63, 3.8) is 0 Å². The Bertz CT molecular complexity index is 599. The van der Waals surface area contributed by atoms with Gasteiger partial charge in [-0.3, -0.25) is 9.78 Å². The maximum absolute atomic E-state index is 12.2. The van der Waals surface area contributed by atoms with E-state index in [-0.39, 0.29) is 18.4 Å². The number of benzene rings is 1. The Kier molecular flexibility index (Phi) is 6.10. The number of rotatable bonds is 7. The van der Waals surface area contributed by atoms with Crippen LogP contribution in [-0.4, -0.2) is 16.0 Å². The number of aliphatic hydroxyl groups is 1. The second-order valence-electron chi connectivity index (χ2n) is 5.46. The smallest absolute Gasteiger partial charge is 0.227 e. The summed E-state index contributed by atoms with van der Waals surface area (Å²) in [6, 6.07) is 12.0. The number of amides is 1. The van der Waals surface area contributed by atoms with Gasteiger partial charge in [-0.1, -0.05) is 37.3 Å². The molecule has 0 aliphatic carbocycles. The predicted octanol–water partition coefficient (Wildman–Crippen LogP) is 3.17. The molecule has 1 atom stereocenters. The number of carbonyl (C=O) groups excluding carboxylic acids is 1. The van der Waals surface area contributed by atoms with Crippen LogP contribution in [0.4, 0.5) is 5.69 Å². The van der Waals surface area contributed by atoms with Gasteiger partial charge in [-0.25, -0.2) is 0 Å². The highest BCUT2D eigenvalue weighted by molar-refractivity contribution is 5.92. The van der Waals surface area contributed by atoms with Crippen molar-refractivity contribution in [1.29, 1.82) is 0 Å². The number of nitrogens with one attached hydrogen (secondary N) is 1. The summed E-state index contributed by atoms with van der Waals surface area (Å²) >= 11 is 0. The minimum absolute atomic E-state index is 0.0317. The second-order valence-corrected chi connectivity index (χ2v) is 5.46. The molecule has 4 heteroatoms. The van der Waals surface area contributed by atoms with Crippen molar-refractivity contribution in [2.24, 2.45) is 5.92 Å². The third-order valence-corrected chi connectivity index (χ3v) is 3.73. The number of pyridine rings is 1. The molecule has 1 aromatic heterocycles. The molecule has 0 saturated heterocycles. The van der Waals surface area contributed by atoms with Crippen molar-refractivity contribution in [3.8, 4) is 0 Å². The molecule has 2 N–H and O–H groups in total. The maximum Gasteiger partial charge on any atom is 0.227 e. The van der Waals surface area contributed by atoms with E-state index >= 15 is 0 Å². The van der Waals surface area contributed by atoms with Crippen LogP contribution in [0.5, 0.6) is 0 Å². The highest BCUT2D eigenvalue weighted by Crippen LogP contribution is 2.16. The first-order valence-corrected chi connectivity index (χ1v) is 7.59. The fourth-order valence-corrected chi connectivity index (χ4v) is 2.32. The molecular formula is C18H22N2O2. The first-order chi connectivity index (χ1) is 10.7. The molecule has 0 aliphatic heterocycles. The molecule has 0 saturated carbocycles. The lowest BCUT2D eigenvalue weighted by Crippen LogP contribution is -2.21. The molecule has 0 bridgehead atoms. The fourth-order valence-electron chi connectivity index (χ4n) is 2.32. The summed E-state index contributed by atoms with van der Waals surface area (Å²) in [6.07, 6.45) is 5.95. The minimum atomic E-state index is -0.111. The second kappa shape index (κ2) is 8.29. The van der Waals surface area contributed by atoms with Gasteiger partial charge < -0.3 is 10.4 Å². The summed E-state index contributed by atoms with van der Waals surface area (Å²) in [7, 11) is 0. The summed E-state index contributed by atoms with van der Waals surface area (Å²) in [4.78, 5) is 16.2. The van der Waals surface area contributed by atoms with Crippen LogP contribution in [0, 0.1) is 5.92 Å². The normalized spacial score (nSPS) is 11.9. The van der Waals surface area contributed by atoms with Gasteiger partial charge in [0.05, 0.1) is 18.5 Å². The predicted molar refractivity (Wildman–Crippen MR) is 87.3 cm³/mol. The van der Waals surface area contributed by atoms with Gasteiger partial charge in [0.15, 0.2) is 0 Å². The average molecular weight is 298 g/mol. The van der Waals surface area contributed by atoms with Gasteiger partial charge in [0.1, 0.15) is 0 Å². The summed E-state index contributed by atoms with van der Waals surface area (Å²) in [5, 5.41) is 12.1. The molecule has 2 aromatic rings. The summed E-state index contributed by atoms with van der Waals surface area (Å²) in [5.41, 5.74) is 2.56. The molecule has 22 heavy (non-hydrogen) atoms. The molecule has 116 valence electrons. The van der Waals surface area contributed by atoms with Gasteiger partial charge in [0.25, 0.3) is 0 Å². The molecule has 0 fully saturated rings. The Balaban J connectivity index is 1.82. The summed E-state index contributed by atoms with van der Waals surface area (Å²) in [6.45, 7) is 1.82. The quantitative estimate of drug-likeness (QED) is 0.825. The highest BCUT2D eigenvalue weighted by Gasteiger charge is 2.14. The molecule has 1 unspecified atom stereocenters. The van der Waals surface area contributed by atoms with Crippen LogP contribution in [0.15, 0.2) is 48.8 Å². The van der Waals surface area contributed by atoms with Crippen LogP contribution >= 0.6 is 0 Å². The molecule has 0 radical (unpaired) electrons. The van der Waals surface area contributed by atoms with Gasteiger partial charge in [0, 0.05) is 17.7 Å². The van der Waals surface area contributed by atoms with Gasteiger partial charge in [-0.15, -0.1) is 0 Å². The standard InChI is InChI=1S/C18H22N2O2/c1-14(6-5-9-15-7-3-2-4-8-15)18(22)20-17-12-19-11-10-16(17)13-21/h2-4,7-8,10-12,14,21H,5-6,9,13H2,1H3,(H,20,22). The number of carbonyl (C=O) groups is 1. The average Bonchev–Trinajstić information content (AvgIpc) is 2.56. The van der Waals surface area contributed by atoms with E-state index in [0.29, 0.717) is 11.3 Å². The van der Waals surface area contributed by atoms with Crippen LogP contribution in [0.1, 0.15) is 30.9 Å². The Hall–Kier alpha value is -2.20. The molecule has 2 rings (SSSR count). The Morgan fingerprint density at radius 3 is 2.77 bits per heavy atom. The van der Waals surface area contributed by atoms with Crippen LogP contribution in [-0.2, 0) is 17.8 Å². The third-order valence-electron chi connectivity index (χ3n) is 3.73. The zero-order valence-corrected chi connectivity index (χ0v) is 12.8. The Labute approximate surface area is 131 Å². The van der Waals surface area contributed by atoms with E-state index < -0.39 is 0 Å². The van der Waals surface area contributed by atoms with Crippen molar-refractivity contribution < 1.29 is 9.90 Å². The van der Waals surface area contributed by atoms with Crippen LogP contribution in [0.25, 0.3) is 0 Å². The van der Waals surface area contributed by atoms with E-state index in [2.05, 4.69) is 22.4 Å². The van der Waals surface area contributed by atoms with Gasteiger partial charge >= 0.3 is 0 Å². The largest absolute Gasteiger partial charge is 0.392 e. The van der Waals surface area contributed by atoms with E-state index in [9.17, 15) is 9.90 Å². The molecule has 0 aliphatic rings. The van der Waals surface area contributed by atoms with E-state index in [1.54, 1.807) is 18.5 Å². The van der Waals surface area contributed by atoms with E-state index in [1.165, 1.54) is 5.56 Å². The number of nitrogens with zero attached hydrogens (tertiary/aromatic N) is 1. The topological polar surface area (TPSA) is 62.2 Å². The number of anilines is 1. The molecular weight excluding hydrogens is 276 g/mol. The SMILES string of the molecule is CC(CCCc1ccccc1)C(=O)Nc1cnccc1CO. The van der Waals surface area contributed by atoms with E-state index in [1.807, 2.05) is 25.1 Å². The summed E-state index contributed by atoms with van der Waals surface area (Å²) in [5.74, 6) is -0.105. The number of hydrogen-bond acceptors (Lipinski definition) is 3. The summed E-state index contributed by atoms with van der Waals surface area (Å²) < 4.78 is 0. The first-order valence-electron chi connectivity index (χ1n) is 7.59. The van der Waals surface area contributed by atoms with Crippen molar-refractivity contribution in [1.82, 2.24) is 4.98 Å². The zero-order valence-electron chi connectivity index (χ0n) is 12.8. The lowest BCUT2D eigenvalue weighted by Gasteiger charge is -2.13. The van der Waals surface area contributed by atoms with E-state index in [4.69, 9.17) is 0 Å². The minimum Gasteiger partial charge on any atom is -0.392 e. The van der Waals surface area contributed by atoms with Gasteiger partial charge in [0.2, 0.25) is 5.91 Å². The van der Waals surface area contributed by atoms with Gasteiger partial charge in [-0.2, -0.15) is 0 Å². The highest BCUT2D eigenvalue weighted by atomic mass is 16.3. The molecule has 1 aromatic carbocycles. The third kappa shape index (κ3) is 4.67.